The molecule has 7 amide bonds. The molecule has 6 atom stereocenters. The number of carboxylic acid groups (broad SMARTS) is 1. The van der Waals surface area contributed by atoms with Gasteiger partial charge >= 0.3 is 5.97 Å². The van der Waals surface area contributed by atoms with Crippen molar-refractivity contribution in [1.29, 1.82) is 0 Å². The third-order valence-electron chi connectivity index (χ3n) is 8.07. The Labute approximate surface area is 313 Å². The molecule has 0 aliphatic heterocycles. The van der Waals surface area contributed by atoms with Gasteiger partial charge in [0.1, 0.15) is 36.0 Å². The first kappa shape index (κ1) is 46.9. The number of rotatable bonds is 24. The summed E-state index contributed by atoms with van der Waals surface area (Å²) in [4.78, 5) is 101. The van der Waals surface area contributed by atoms with E-state index in [-0.39, 0.29) is 18.8 Å². The Kier molecular flexibility index (Phi) is 20.4. The van der Waals surface area contributed by atoms with Crippen molar-refractivity contribution in [3.05, 3.63) is 35.6 Å². The third kappa shape index (κ3) is 17.1. The molecule has 1 rings (SSSR count). The number of carboxylic acids is 1. The van der Waals surface area contributed by atoms with Crippen molar-refractivity contribution in [3.8, 4) is 0 Å². The third-order valence-corrected chi connectivity index (χ3v) is 8.07. The highest BCUT2D eigenvalue weighted by Gasteiger charge is 2.32. The number of nitrogens with two attached hydrogens (primary N) is 2. The number of carbonyl (C=O) groups is 8. The molecule has 1 aromatic rings. The number of primary amides is 1. The van der Waals surface area contributed by atoms with Crippen LogP contribution in [0.3, 0.4) is 0 Å². The van der Waals surface area contributed by atoms with E-state index in [1.165, 1.54) is 12.1 Å². The topological polar surface area (TPSA) is 301 Å². The Hall–Kier alpha value is -5.17. The van der Waals surface area contributed by atoms with Crippen LogP contribution >= 0.6 is 0 Å². The predicted molar refractivity (Wildman–Crippen MR) is 193 cm³/mol. The van der Waals surface area contributed by atoms with Gasteiger partial charge in [-0.2, -0.15) is 0 Å². The molecule has 12 N–H and O–H groups in total. The van der Waals surface area contributed by atoms with Crippen LogP contribution < -0.4 is 43.4 Å². The van der Waals surface area contributed by atoms with Crippen LogP contribution in [-0.2, 0) is 44.8 Å². The zero-order valence-corrected chi connectivity index (χ0v) is 31.3. The van der Waals surface area contributed by atoms with Gasteiger partial charge in [-0.15, -0.1) is 0 Å². The van der Waals surface area contributed by atoms with Crippen molar-refractivity contribution < 1.29 is 53.0 Å². The van der Waals surface area contributed by atoms with Crippen molar-refractivity contribution in [2.45, 2.75) is 109 Å². The maximum Gasteiger partial charge on any atom is 0.305 e. The number of carbonyl (C=O) groups excluding carboxylic acids is 7. The first-order chi connectivity index (χ1) is 25.3. The number of amides is 7. The molecule has 19 heteroatoms. The SMILES string of the molecule is CCCC[C@H](NC(=O)[C@H](CC(C)C)NC(=O)CNC(=O)[C@@H](NC(=O)[C@H](Cc1ccc(F)cc1)NC(=O)[C@H](CO)NC(=O)[C@@H](N)CC(=O)O)C(C)C)C(N)=O. The molecule has 0 fully saturated rings. The molecule has 0 aromatic heterocycles. The highest BCUT2D eigenvalue weighted by atomic mass is 19.1. The lowest BCUT2D eigenvalue weighted by atomic mass is 10.0. The van der Waals surface area contributed by atoms with Crippen LogP contribution in [0.15, 0.2) is 24.3 Å². The molecule has 1 aromatic carbocycles. The van der Waals surface area contributed by atoms with E-state index < -0.39 is 115 Å². The van der Waals surface area contributed by atoms with Crippen LogP contribution in [0.5, 0.6) is 0 Å². The van der Waals surface area contributed by atoms with Crippen molar-refractivity contribution in [2.24, 2.45) is 23.3 Å². The Morgan fingerprint density at radius 3 is 1.83 bits per heavy atom. The lowest BCUT2D eigenvalue weighted by Gasteiger charge is -2.27. The number of unbranched alkanes of at least 4 members (excludes halogenated alkanes) is 1. The highest BCUT2D eigenvalue weighted by Crippen LogP contribution is 2.10. The standard InChI is InChI=1S/C35H55FN8O10/c1-6-7-8-23(30(38)49)41-32(51)24(13-18(2)3)40-27(46)16-39-35(54)29(19(4)5)44-33(52)25(14-20-9-11-21(36)12-10-20)42-34(53)26(17-45)43-31(50)22(37)15-28(47)48/h9-12,18-19,22-26,29,45H,6-8,13-17,37H2,1-5H3,(H2,38,49)(H,39,54)(H,40,46)(H,41,51)(H,42,53)(H,43,50)(H,44,52)(H,47,48)/t22-,23-,24-,25-,26-,29-/m0/s1. The predicted octanol–water partition coefficient (Wildman–Crippen LogP) is -1.92. The van der Waals surface area contributed by atoms with Crippen LogP contribution in [0, 0.1) is 17.7 Å². The number of nitrogens with one attached hydrogen (secondary N) is 6. The Morgan fingerprint density at radius 2 is 1.31 bits per heavy atom. The van der Waals surface area contributed by atoms with E-state index >= 15 is 0 Å². The van der Waals surface area contributed by atoms with Gasteiger partial charge in [-0.05, 0) is 42.4 Å². The molecule has 0 spiro atoms. The second-order valence-electron chi connectivity index (χ2n) is 13.6. The summed E-state index contributed by atoms with van der Waals surface area (Å²) in [5.41, 5.74) is 11.4. The molecule has 0 aliphatic carbocycles. The lowest BCUT2D eigenvalue weighted by molar-refractivity contribution is -0.140. The van der Waals surface area contributed by atoms with Crippen molar-refractivity contribution in [3.63, 3.8) is 0 Å². The molecular weight excluding hydrogens is 711 g/mol. The number of aliphatic carboxylic acids is 1. The summed E-state index contributed by atoms with van der Waals surface area (Å²) < 4.78 is 13.6. The minimum Gasteiger partial charge on any atom is -0.481 e. The summed E-state index contributed by atoms with van der Waals surface area (Å²) in [6.45, 7) is 7.24. The van der Waals surface area contributed by atoms with Crippen molar-refractivity contribution in [2.75, 3.05) is 13.2 Å². The molecule has 0 bridgehead atoms. The second-order valence-corrected chi connectivity index (χ2v) is 13.6. The Bertz CT molecular complexity index is 1460. The van der Waals surface area contributed by atoms with Crippen molar-refractivity contribution in [1.82, 2.24) is 31.9 Å². The first-order valence-corrected chi connectivity index (χ1v) is 17.7. The monoisotopic (exact) mass is 766 g/mol. The maximum atomic E-state index is 13.6. The van der Waals surface area contributed by atoms with Crippen molar-refractivity contribution >= 4 is 47.3 Å². The lowest BCUT2D eigenvalue weighted by Crippen LogP contribution is -2.60. The largest absolute Gasteiger partial charge is 0.481 e. The molecule has 0 aliphatic rings. The maximum absolute atomic E-state index is 13.6. The molecular formula is C35H55FN8O10. The quantitative estimate of drug-likeness (QED) is 0.0553. The van der Waals surface area contributed by atoms with Gasteiger partial charge in [0.25, 0.3) is 0 Å². The summed E-state index contributed by atoms with van der Waals surface area (Å²) >= 11 is 0. The molecule has 0 heterocycles. The van der Waals surface area contributed by atoms with E-state index in [2.05, 4.69) is 31.9 Å². The number of hydrogen-bond acceptors (Lipinski definition) is 10. The fraction of sp³-hybridized carbons (Fsp3) is 0.600. The van der Waals surface area contributed by atoms with E-state index in [1.807, 2.05) is 20.8 Å². The van der Waals surface area contributed by atoms with Gasteiger partial charge in [-0.25, -0.2) is 4.39 Å². The van der Waals surface area contributed by atoms with E-state index in [9.17, 15) is 47.9 Å². The van der Waals surface area contributed by atoms with Crippen LogP contribution in [0.4, 0.5) is 4.39 Å². The molecule has 18 nitrogen and oxygen atoms in total. The van der Waals surface area contributed by atoms with Crippen LogP contribution in [0.2, 0.25) is 0 Å². The van der Waals surface area contributed by atoms with Crippen LogP contribution in [-0.4, -0.2) is 107 Å². The number of hydrogen-bond donors (Lipinski definition) is 10. The van der Waals surface area contributed by atoms with Gasteiger partial charge in [-0.3, -0.25) is 38.4 Å². The summed E-state index contributed by atoms with van der Waals surface area (Å²) in [6, 6.07) is -2.91. The molecule has 0 radical (unpaired) electrons. The van der Waals surface area contributed by atoms with Gasteiger partial charge in [0.05, 0.1) is 25.6 Å². The van der Waals surface area contributed by atoms with Gasteiger partial charge in [-0.1, -0.05) is 59.6 Å². The number of aliphatic hydroxyl groups is 1. The second kappa shape index (κ2) is 23.5. The fourth-order valence-electron chi connectivity index (χ4n) is 5.07. The Balaban J connectivity index is 3.11. The molecule has 0 saturated carbocycles. The van der Waals surface area contributed by atoms with E-state index in [0.717, 1.165) is 18.6 Å². The van der Waals surface area contributed by atoms with E-state index in [1.54, 1.807) is 13.8 Å². The zero-order chi connectivity index (χ0) is 41.1. The summed E-state index contributed by atoms with van der Waals surface area (Å²) in [5.74, 6) is -8.38. The molecule has 0 unspecified atom stereocenters. The molecule has 54 heavy (non-hydrogen) atoms. The van der Waals surface area contributed by atoms with Gasteiger partial charge in [0.2, 0.25) is 41.4 Å². The molecule has 302 valence electrons. The first-order valence-electron chi connectivity index (χ1n) is 17.7. The normalized spacial score (nSPS) is 14.4. The van der Waals surface area contributed by atoms with E-state index in [0.29, 0.717) is 18.4 Å². The average molecular weight is 767 g/mol. The number of benzene rings is 1. The van der Waals surface area contributed by atoms with Gasteiger partial charge in [0.15, 0.2) is 0 Å². The summed E-state index contributed by atoms with van der Waals surface area (Å²) in [7, 11) is 0. The van der Waals surface area contributed by atoms with Gasteiger partial charge in [0, 0.05) is 6.42 Å². The summed E-state index contributed by atoms with van der Waals surface area (Å²) in [5, 5.41) is 33.3. The smallest absolute Gasteiger partial charge is 0.305 e. The Morgan fingerprint density at radius 1 is 0.759 bits per heavy atom. The minimum absolute atomic E-state index is 0.0411. The average Bonchev–Trinajstić information content (AvgIpc) is 3.09. The zero-order valence-electron chi connectivity index (χ0n) is 31.3. The number of aliphatic hydroxyl groups excluding tert-OH is 1. The number of halogens is 1. The highest BCUT2D eigenvalue weighted by molar-refractivity contribution is 5.97. The van der Waals surface area contributed by atoms with Gasteiger partial charge < -0.3 is 53.6 Å². The van der Waals surface area contributed by atoms with E-state index in [4.69, 9.17) is 16.6 Å². The van der Waals surface area contributed by atoms with Crippen LogP contribution in [0.1, 0.15) is 72.3 Å². The molecule has 0 saturated heterocycles. The summed E-state index contributed by atoms with van der Waals surface area (Å²) in [6.07, 6.45) is 0.962. The fourth-order valence-corrected chi connectivity index (χ4v) is 5.07. The van der Waals surface area contributed by atoms with Crippen LogP contribution in [0.25, 0.3) is 0 Å². The minimum atomic E-state index is -1.65.